The Morgan fingerprint density at radius 1 is 0.526 bits per heavy atom. The summed E-state index contributed by atoms with van der Waals surface area (Å²) < 4.78 is 92.7. The quantitative estimate of drug-likeness (QED) is 0.0219. The average Bonchev–Trinajstić information content (AvgIpc) is 1.60. The number of hydrogen-bond acceptors (Lipinski definition) is 13. The van der Waals surface area contributed by atoms with Crippen molar-refractivity contribution < 1.29 is 60.4 Å². The number of carbonyl (C=O) groups is 4. The molecule has 6 N–H and O–H groups in total. The smallest absolute Gasteiger partial charge is 0.251 e. The second kappa shape index (κ2) is 31.6. The Hall–Kier alpha value is -7.54. The molecule has 0 unspecified atom stereocenters. The monoisotopic (exact) mass is 1390 g/mol. The van der Waals surface area contributed by atoms with Gasteiger partial charge >= 0.3 is 0 Å². The van der Waals surface area contributed by atoms with Gasteiger partial charge in [-0.2, -0.15) is 10.5 Å². The fourth-order valence-electron chi connectivity index (χ4n) is 12.6. The first-order valence-corrected chi connectivity index (χ1v) is 32.0. The standard InChI is InChI=1S/C70H74Cl4F4N8O9/c1-67(2,3)35-55-69(37-79,45-19-17-41(71)33-49(45)75)57(43-11-9-13-47(73)59(43)77)61(85-55)65(89)83-51-21-15-39(31-53(51)91-7)63(87)81-23-25-93-27-29-95-30-28-94-26-24-82-64(88)40-16-22-52(54(32-40)92-8)84-66(90)62-58(44-12-10-14-48(74)60(44)78)70(38-80,56(86-62)36-68(4,5)6)46-20-18-42(72)34-50(46)76/h9-22,31-34,55-58,61-62,85-86H,23-30,35-36H2,1-8H3,(H,81,87)(H,82,88)(H,83,89)(H,84,90)/t55-,56-,57-,58-,61+,62+,69-,70-/m0/s1. The van der Waals surface area contributed by atoms with Crippen LogP contribution in [0.1, 0.15) is 109 Å². The number of amides is 4. The van der Waals surface area contributed by atoms with Crippen LogP contribution >= 0.6 is 46.4 Å². The zero-order chi connectivity index (χ0) is 69.2. The van der Waals surface area contributed by atoms with Crippen LogP contribution in [0, 0.1) is 56.8 Å². The van der Waals surface area contributed by atoms with Crippen molar-refractivity contribution in [1.29, 1.82) is 10.5 Å². The molecule has 25 heteroatoms. The molecule has 8 rings (SSSR count). The molecule has 0 bridgehead atoms. The number of nitrogens with one attached hydrogen (secondary N) is 6. The van der Waals surface area contributed by atoms with Gasteiger partial charge in [0.2, 0.25) is 11.8 Å². The molecule has 2 saturated heterocycles. The second-order valence-electron chi connectivity index (χ2n) is 25.5. The molecule has 504 valence electrons. The SMILES string of the molecule is COc1cc(C(=O)NCCOCCOCCOCCNC(=O)c2ccc(NC(=O)[C@@H]3N[C@@H](CC(C)(C)C)[C@](C#N)(c4ccc(Cl)cc4F)[C@H]3c3cccc(Cl)c3F)c(OC)c2)ccc1NC(=O)[C@@H]1N[C@@H](CC(C)(C)C)[C@](C#N)(c2ccc(Cl)cc2F)[C@H]1c1cccc(Cl)c1F. The minimum absolute atomic E-state index is 0.0690. The maximum atomic E-state index is 16.2. The van der Waals surface area contributed by atoms with E-state index in [1.54, 1.807) is 0 Å². The number of methoxy groups -OCH3 is 2. The highest BCUT2D eigenvalue weighted by molar-refractivity contribution is 6.31. The molecule has 4 amide bonds. The maximum absolute atomic E-state index is 16.2. The molecule has 2 aliphatic heterocycles. The predicted molar refractivity (Wildman–Crippen MR) is 356 cm³/mol. The van der Waals surface area contributed by atoms with Gasteiger partial charge < -0.3 is 55.6 Å². The van der Waals surface area contributed by atoms with Gasteiger partial charge in [0, 0.05) is 69.3 Å². The van der Waals surface area contributed by atoms with Gasteiger partial charge in [-0.15, -0.1) is 0 Å². The van der Waals surface area contributed by atoms with Crippen molar-refractivity contribution in [3.63, 3.8) is 0 Å². The molecule has 0 aromatic heterocycles. The third-order valence-corrected chi connectivity index (χ3v) is 17.8. The van der Waals surface area contributed by atoms with Gasteiger partial charge in [-0.05, 0) is 108 Å². The fourth-order valence-corrected chi connectivity index (χ4v) is 13.3. The average molecular weight is 1390 g/mol. The summed E-state index contributed by atoms with van der Waals surface area (Å²) in [5, 5.41) is 39.9. The van der Waals surface area contributed by atoms with Gasteiger partial charge in [-0.1, -0.05) is 124 Å². The van der Waals surface area contributed by atoms with E-state index in [9.17, 15) is 29.7 Å². The third-order valence-electron chi connectivity index (χ3n) is 16.7. The summed E-state index contributed by atoms with van der Waals surface area (Å²) in [6, 6.07) is 25.3. The highest BCUT2D eigenvalue weighted by atomic mass is 35.5. The molecular formula is C70H74Cl4F4N8O9. The Kier molecular flexibility index (Phi) is 24.3. The number of hydrogen-bond donors (Lipinski definition) is 6. The molecule has 2 aliphatic rings. The van der Waals surface area contributed by atoms with Crippen LogP contribution in [0.3, 0.4) is 0 Å². The second-order valence-corrected chi connectivity index (χ2v) is 27.2. The van der Waals surface area contributed by atoms with E-state index in [1.807, 2.05) is 41.5 Å². The van der Waals surface area contributed by atoms with E-state index in [0.29, 0.717) is 0 Å². The minimum atomic E-state index is -1.85. The number of anilines is 2. The van der Waals surface area contributed by atoms with Crippen LogP contribution in [0.5, 0.6) is 11.5 Å². The molecule has 0 aliphatic carbocycles. The lowest BCUT2D eigenvalue weighted by molar-refractivity contribution is -0.119. The topological polar surface area (TPSA) is 234 Å². The number of rotatable bonds is 26. The molecule has 2 heterocycles. The normalized spacial score (nSPS) is 20.9. The Balaban J connectivity index is 0.780. The van der Waals surface area contributed by atoms with Gasteiger partial charge in [0.15, 0.2) is 0 Å². The zero-order valence-corrected chi connectivity index (χ0v) is 56.5. The number of halogens is 8. The van der Waals surface area contributed by atoms with Crippen LogP contribution < -0.4 is 41.4 Å². The Labute approximate surface area is 569 Å². The first kappa shape index (κ1) is 73.3. The maximum Gasteiger partial charge on any atom is 0.251 e. The van der Waals surface area contributed by atoms with E-state index in [1.165, 1.54) is 111 Å². The highest BCUT2D eigenvalue weighted by Crippen LogP contribution is 2.55. The Morgan fingerprint density at radius 3 is 1.23 bits per heavy atom. The summed E-state index contributed by atoms with van der Waals surface area (Å²) in [5.41, 5.74) is -4.18. The highest BCUT2D eigenvalue weighted by Gasteiger charge is 2.63. The largest absolute Gasteiger partial charge is 0.495 e. The fraction of sp³-hybridized carbons (Fsp3) is 0.400. The molecule has 8 atom stereocenters. The number of nitrogens with zero attached hydrogens (tertiary/aromatic N) is 2. The van der Waals surface area contributed by atoms with E-state index < -0.39 is 105 Å². The van der Waals surface area contributed by atoms with E-state index in [4.69, 9.17) is 70.1 Å². The summed E-state index contributed by atoms with van der Waals surface area (Å²) in [7, 11) is 2.71. The van der Waals surface area contributed by atoms with Crippen molar-refractivity contribution in [3.05, 3.63) is 186 Å². The number of carbonyl (C=O) groups excluding carboxylic acids is 4. The van der Waals surface area contributed by atoms with Crippen LogP contribution in [0.15, 0.2) is 109 Å². The summed E-state index contributed by atoms with van der Waals surface area (Å²) in [4.78, 5) is 55.7. The summed E-state index contributed by atoms with van der Waals surface area (Å²) in [6.45, 7) is 13.0. The van der Waals surface area contributed by atoms with Crippen molar-refractivity contribution in [3.8, 4) is 23.6 Å². The number of benzene rings is 6. The van der Waals surface area contributed by atoms with Gasteiger partial charge in [-0.25, -0.2) is 17.6 Å². The van der Waals surface area contributed by atoms with E-state index in [0.717, 1.165) is 12.1 Å². The molecule has 0 saturated carbocycles. The Morgan fingerprint density at radius 2 is 0.895 bits per heavy atom. The molecule has 0 radical (unpaired) electrons. The third kappa shape index (κ3) is 16.7. The lowest BCUT2D eigenvalue weighted by Crippen LogP contribution is -2.45. The van der Waals surface area contributed by atoms with Crippen LogP contribution in [0.4, 0.5) is 28.9 Å². The van der Waals surface area contributed by atoms with Crippen LogP contribution in [-0.4, -0.2) is 115 Å². The minimum Gasteiger partial charge on any atom is -0.495 e. The van der Waals surface area contributed by atoms with Crippen molar-refractivity contribution >= 4 is 81.4 Å². The molecule has 0 spiro atoms. The molecule has 95 heavy (non-hydrogen) atoms. The Bertz CT molecular complexity index is 3650. The van der Waals surface area contributed by atoms with E-state index in [-0.39, 0.29) is 142 Å². The zero-order valence-electron chi connectivity index (χ0n) is 53.5. The van der Waals surface area contributed by atoms with Crippen molar-refractivity contribution in [2.75, 3.05) is 77.6 Å². The molecule has 6 aromatic rings. The predicted octanol–water partition coefficient (Wildman–Crippen LogP) is 13.0. The van der Waals surface area contributed by atoms with Crippen molar-refractivity contribution in [2.45, 2.75) is 101 Å². The van der Waals surface area contributed by atoms with Gasteiger partial charge in [-0.3, -0.25) is 19.2 Å². The summed E-state index contributed by atoms with van der Waals surface area (Å²) >= 11 is 24.9. The lowest BCUT2D eigenvalue weighted by atomic mass is 9.62. The first-order chi connectivity index (χ1) is 45.1. The summed E-state index contributed by atoms with van der Waals surface area (Å²) in [6.07, 6.45) is 0.535. The lowest BCUT2D eigenvalue weighted by Gasteiger charge is -2.37. The van der Waals surface area contributed by atoms with Crippen LogP contribution in [0.2, 0.25) is 20.1 Å². The summed E-state index contributed by atoms with van der Waals surface area (Å²) in [5.74, 6) is -8.04. The van der Waals surface area contributed by atoms with E-state index >= 15 is 17.6 Å². The van der Waals surface area contributed by atoms with Gasteiger partial charge in [0.1, 0.15) is 45.6 Å². The van der Waals surface area contributed by atoms with E-state index in [2.05, 4.69) is 44.0 Å². The van der Waals surface area contributed by atoms with Crippen LogP contribution in [0.25, 0.3) is 0 Å². The molecule has 2 fully saturated rings. The molecule has 6 aromatic carbocycles. The van der Waals surface area contributed by atoms with Crippen molar-refractivity contribution in [1.82, 2.24) is 21.3 Å². The van der Waals surface area contributed by atoms with Crippen LogP contribution in [-0.2, 0) is 34.6 Å². The van der Waals surface area contributed by atoms with Crippen molar-refractivity contribution in [2.24, 2.45) is 10.8 Å². The number of ether oxygens (including phenoxy) is 5. The molecular weight excluding hydrogens is 1310 g/mol. The van der Waals surface area contributed by atoms with Gasteiger partial charge in [0.05, 0.1) is 99.5 Å². The number of nitriles is 2. The first-order valence-electron chi connectivity index (χ1n) is 30.5. The van der Waals surface area contributed by atoms with Gasteiger partial charge in [0.25, 0.3) is 11.8 Å². The molecule has 17 nitrogen and oxygen atoms in total.